The number of aromatic hydroxyl groups is 1. The smallest absolute Gasteiger partial charge is 0.331 e. The van der Waals surface area contributed by atoms with Crippen molar-refractivity contribution in [1.82, 2.24) is 13.7 Å². The van der Waals surface area contributed by atoms with E-state index in [0.29, 0.717) is 41.0 Å². The predicted molar refractivity (Wildman–Crippen MR) is 120 cm³/mol. The Balaban J connectivity index is 1.93. The number of aromatic nitrogens is 3. The van der Waals surface area contributed by atoms with Gasteiger partial charge in [-0.2, -0.15) is 0 Å². The van der Waals surface area contributed by atoms with Crippen LogP contribution in [0.5, 0.6) is 5.75 Å². The lowest BCUT2D eigenvalue weighted by atomic mass is 10.0. The second-order valence-corrected chi connectivity index (χ2v) is 7.96. The summed E-state index contributed by atoms with van der Waals surface area (Å²) in [6.07, 6.45) is -0.605. The molecule has 0 bridgehead atoms. The van der Waals surface area contributed by atoms with Gasteiger partial charge in [-0.05, 0) is 17.7 Å². The summed E-state index contributed by atoms with van der Waals surface area (Å²) in [5.41, 5.74) is 1.71. The maximum Gasteiger partial charge on any atom is 0.331 e. The topological polar surface area (TPSA) is 122 Å². The summed E-state index contributed by atoms with van der Waals surface area (Å²) in [4.78, 5) is 37.1. The Morgan fingerprint density at radius 1 is 1.09 bits per heavy atom. The van der Waals surface area contributed by atoms with Gasteiger partial charge in [-0.25, -0.2) is 4.79 Å². The van der Waals surface area contributed by atoms with E-state index in [-0.39, 0.29) is 11.4 Å². The summed E-state index contributed by atoms with van der Waals surface area (Å²) in [6.45, 7) is 0.726. The fourth-order valence-electron chi connectivity index (χ4n) is 4.55. The largest absolute Gasteiger partial charge is 0.508 e. The van der Waals surface area contributed by atoms with Crippen LogP contribution in [0.1, 0.15) is 17.4 Å². The van der Waals surface area contributed by atoms with Gasteiger partial charge in [0.15, 0.2) is 0 Å². The third-order valence-corrected chi connectivity index (χ3v) is 6.08. The number of phenolic OH excluding ortho intramolecular Hbond substituents is 1. The molecule has 0 aliphatic carbocycles. The number of nitrogens with zero attached hydrogens (tertiary/aromatic N) is 4. The Hall–Kier alpha value is -4.18. The highest BCUT2D eigenvalue weighted by Crippen LogP contribution is 2.41. The number of ether oxygens (including phenoxy) is 1. The molecule has 0 amide bonds. The van der Waals surface area contributed by atoms with Crippen molar-refractivity contribution in [2.75, 3.05) is 6.61 Å². The quantitative estimate of drug-likeness (QED) is 0.380. The minimum absolute atomic E-state index is 0.0972. The highest BCUT2D eigenvalue weighted by Gasteiger charge is 2.33. The van der Waals surface area contributed by atoms with Crippen LogP contribution in [-0.4, -0.2) is 30.3 Å². The number of benzene rings is 2. The van der Waals surface area contributed by atoms with Crippen molar-refractivity contribution in [3.63, 3.8) is 0 Å². The molecule has 0 radical (unpaired) electrons. The molecule has 1 aliphatic rings. The van der Waals surface area contributed by atoms with Crippen LogP contribution in [0.15, 0.2) is 58.1 Å². The third kappa shape index (κ3) is 3.06. The summed E-state index contributed by atoms with van der Waals surface area (Å²) in [6, 6.07) is 12.6. The molecule has 5 rings (SSSR count). The van der Waals surface area contributed by atoms with Crippen LogP contribution in [-0.2, 0) is 25.4 Å². The number of aryl methyl sites for hydroxylation is 1. The molecular weight excluding hydrogens is 428 g/mol. The highest BCUT2D eigenvalue weighted by atomic mass is 16.6. The Morgan fingerprint density at radius 3 is 2.52 bits per heavy atom. The first-order valence-corrected chi connectivity index (χ1v) is 10.3. The van der Waals surface area contributed by atoms with E-state index < -0.39 is 22.3 Å². The Kier molecular flexibility index (Phi) is 4.68. The average molecular weight is 448 g/mol. The van der Waals surface area contributed by atoms with Gasteiger partial charge in [0.2, 0.25) is 0 Å². The Bertz CT molecular complexity index is 1540. The van der Waals surface area contributed by atoms with Crippen LogP contribution in [0.2, 0.25) is 0 Å². The van der Waals surface area contributed by atoms with Crippen LogP contribution in [0.4, 0.5) is 5.69 Å². The van der Waals surface area contributed by atoms with E-state index in [9.17, 15) is 24.8 Å². The SMILES string of the molecule is Cn1c(=O)c2c(-c3cccc([N+](=O)[O-])c3)n3c(c2n(C)c1=O)[C@H](c1ccc(O)cc1)OCC3. The van der Waals surface area contributed by atoms with Gasteiger partial charge < -0.3 is 14.4 Å². The molecule has 0 unspecified atom stereocenters. The molecule has 0 spiro atoms. The van der Waals surface area contributed by atoms with Crippen molar-refractivity contribution in [2.24, 2.45) is 14.1 Å². The van der Waals surface area contributed by atoms with Gasteiger partial charge in [0.1, 0.15) is 11.9 Å². The summed E-state index contributed by atoms with van der Waals surface area (Å²) >= 11 is 0. The molecule has 0 saturated carbocycles. The molecule has 2 aromatic carbocycles. The van der Waals surface area contributed by atoms with Crippen LogP contribution >= 0.6 is 0 Å². The van der Waals surface area contributed by atoms with Gasteiger partial charge in [0.25, 0.3) is 11.2 Å². The van der Waals surface area contributed by atoms with Crippen LogP contribution < -0.4 is 11.2 Å². The maximum atomic E-state index is 13.3. The van der Waals surface area contributed by atoms with Crippen molar-refractivity contribution in [3.05, 3.63) is 90.7 Å². The lowest BCUT2D eigenvalue weighted by Gasteiger charge is -2.27. The number of non-ortho nitro benzene ring substituents is 1. The summed E-state index contributed by atoms with van der Waals surface area (Å²) in [7, 11) is 3.00. The molecule has 0 fully saturated rings. The molecule has 33 heavy (non-hydrogen) atoms. The molecule has 4 aromatic rings. The zero-order valence-corrected chi connectivity index (χ0v) is 17.9. The molecule has 1 N–H and O–H groups in total. The van der Waals surface area contributed by atoms with E-state index in [0.717, 1.165) is 10.1 Å². The van der Waals surface area contributed by atoms with Gasteiger partial charge in [0, 0.05) is 38.3 Å². The zero-order chi connectivity index (χ0) is 23.4. The van der Waals surface area contributed by atoms with Gasteiger partial charge in [-0.15, -0.1) is 0 Å². The van der Waals surface area contributed by atoms with Crippen molar-refractivity contribution in [2.45, 2.75) is 12.6 Å². The molecule has 3 heterocycles. The van der Waals surface area contributed by atoms with Gasteiger partial charge in [-0.3, -0.25) is 24.0 Å². The number of nitro benzene ring substituents is 1. The van der Waals surface area contributed by atoms with E-state index in [1.54, 1.807) is 43.4 Å². The monoisotopic (exact) mass is 448 g/mol. The first kappa shape index (κ1) is 20.7. The molecule has 168 valence electrons. The summed E-state index contributed by atoms with van der Waals surface area (Å²) in [5.74, 6) is 0.105. The third-order valence-electron chi connectivity index (χ3n) is 6.08. The fourth-order valence-corrected chi connectivity index (χ4v) is 4.55. The predicted octanol–water partition coefficient (Wildman–Crippen LogP) is 2.44. The second kappa shape index (κ2) is 7.45. The standard InChI is InChI=1S/C23H20N4O6/c1-24-19-17(22(29)25(2)23(24)30)18(14-4-3-5-15(12-14)27(31)32)26-10-11-33-21(20(19)26)13-6-8-16(28)9-7-13/h3-9,12,21,28H,10-11H2,1-2H3/t21-/m0/s1. The van der Waals surface area contributed by atoms with Gasteiger partial charge in [-0.1, -0.05) is 24.3 Å². The minimum atomic E-state index is -0.605. The number of hydrogen-bond acceptors (Lipinski definition) is 6. The zero-order valence-electron chi connectivity index (χ0n) is 17.9. The van der Waals surface area contributed by atoms with E-state index in [1.165, 1.54) is 23.7 Å². The molecule has 1 atom stereocenters. The number of rotatable bonds is 3. The van der Waals surface area contributed by atoms with Crippen LogP contribution in [0.3, 0.4) is 0 Å². The highest BCUT2D eigenvalue weighted by molar-refractivity contribution is 5.96. The minimum Gasteiger partial charge on any atom is -0.508 e. The molecule has 2 aromatic heterocycles. The molecule has 10 nitrogen and oxygen atoms in total. The summed E-state index contributed by atoms with van der Waals surface area (Å²) in [5, 5.41) is 21.4. The number of hydrogen-bond donors (Lipinski definition) is 1. The average Bonchev–Trinajstić information content (AvgIpc) is 3.17. The van der Waals surface area contributed by atoms with E-state index in [2.05, 4.69) is 0 Å². The van der Waals surface area contributed by atoms with Crippen molar-refractivity contribution < 1.29 is 14.8 Å². The lowest BCUT2D eigenvalue weighted by molar-refractivity contribution is -0.384. The van der Waals surface area contributed by atoms with Crippen LogP contribution in [0, 0.1) is 10.1 Å². The van der Waals surface area contributed by atoms with E-state index in [4.69, 9.17) is 4.74 Å². The molecule has 10 heteroatoms. The molecule has 1 aliphatic heterocycles. The lowest BCUT2D eigenvalue weighted by Crippen LogP contribution is -2.37. The molecular formula is C23H20N4O6. The van der Waals surface area contributed by atoms with Crippen molar-refractivity contribution >= 4 is 16.6 Å². The number of fused-ring (bicyclic) bond motifs is 3. The van der Waals surface area contributed by atoms with Crippen LogP contribution in [0.25, 0.3) is 22.2 Å². The normalized spacial score (nSPS) is 15.5. The van der Waals surface area contributed by atoms with E-state index in [1.807, 2.05) is 4.57 Å². The fraction of sp³-hybridized carbons (Fsp3) is 0.217. The maximum absolute atomic E-state index is 13.3. The summed E-state index contributed by atoms with van der Waals surface area (Å²) < 4.78 is 10.4. The Labute approximate surface area is 186 Å². The van der Waals surface area contributed by atoms with E-state index >= 15 is 0 Å². The number of phenols is 1. The van der Waals surface area contributed by atoms with Crippen molar-refractivity contribution in [1.29, 1.82) is 0 Å². The van der Waals surface area contributed by atoms with Gasteiger partial charge in [0.05, 0.1) is 33.8 Å². The Morgan fingerprint density at radius 2 is 1.82 bits per heavy atom. The second-order valence-electron chi connectivity index (χ2n) is 7.96. The number of nitro groups is 1. The first-order valence-electron chi connectivity index (χ1n) is 10.3. The van der Waals surface area contributed by atoms with Gasteiger partial charge >= 0.3 is 5.69 Å². The van der Waals surface area contributed by atoms with Crippen molar-refractivity contribution in [3.8, 4) is 17.0 Å². The first-order chi connectivity index (χ1) is 15.8. The molecule has 0 saturated heterocycles.